The van der Waals surface area contributed by atoms with E-state index in [-0.39, 0.29) is 11.8 Å². The number of hydrogen-bond acceptors (Lipinski definition) is 7. The smallest absolute Gasteiger partial charge is 0.266 e. The van der Waals surface area contributed by atoms with Gasteiger partial charge < -0.3 is 14.1 Å². The van der Waals surface area contributed by atoms with Crippen LogP contribution < -0.4 is 14.9 Å². The van der Waals surface area contributed by atoms with Gasteiger partial charge in [-0.1, -0.05) is 18.2 Å². The Morgan fingerprint density at radius 1 is 0.758 bits per heavy atom. The summed E-state index contributed by atoms with van der Waals surface area (Å²) in [4.78, 5) is 36.5. The zero-order valence-corrected chi connectivity index (χ0v) is 17.9. The molecular weight excluding hydrogens is 422 g/mol. The molecule has 3 saturated heterocycles. The van der Waals surface area contributed by atoms with Crippen LogP contribution in [0.25, 0.3) is 0 Å². The predicted molar refractivity (Wildman–Crippen MR) is 121 cm³/mol. The molecule has 1 aromatic heterocycles. The van der Waals surface area contributed by atoms with E-state index in [2.05, 4.69) is 4.90 Å². The molecule has 8 nitrogen and oxygen atoms in total. The third-order valence-electron chi connectivity index (χ3n) is 6.44. The van der Waals surface area contributed by atoms with Gasteiger partial charge >= 0.3 is 0 Å². The van der Waals surface area contributed by atoms with Crippen molar-refractivity contribution in [3.05, 3.63) is 78.8 Å². The van der Waals surface area contributed by atoms with Gasteiger partial charge in [-0.25, -0.2) is 9.96 Å². The summed E-state index contributed by atoms with van der Waals surface area (Å²) in [5.41, 5.74) is 2.35. The normalized spacial score (nSPS) is 25.1. The van der Waals surface area contributed by atoms with Crippen molar-refractivity contribution in [2.45, 2.75) is 12.1 Å². The monoisotopic (exact) mass is 445 g/mol. The van der Waals surface area contributed by atoms with E-state index >= 15 is 0 Å². The zero-order valence-electron chi connectivity index (χ0n) is 17.9. The van der Waals surface area contributed by atoms with Gasteiger partial charge in [0, 0.05) is 18.8 Å². The molecule has 0 bridgehead atoms. The average molecular weight is 445 g/mol. The standard InChI is InChI=1S/C25H23N3O5/c29-24-21-22(20-7-4-14-32-20)28(19-5-2-1-3-6-19)33-23(21)25(30)27(24)18-10-8-17(9-11-18)26-12-15-31-16-13-26/h1-11,14,21-23H,12-13,15-16H2/t21-,22+,23+/m0/s1. The van der Waals surface area contributed by atoms with Crippen molar-refractivity contribution < 1.29 is 23.6 Å². The predicted octanol–water partition coefficient (Wildman–Crippen LogP) is 3.17. The minimum absolute atomic E-state index is 0.288. The van der Waals surface area contributed by atoms with Gasteiger partial charge in [0.1, 0.15) is 17.7 Å². The van der Waals surface area contributed by atoms with Crippen molar-refractivity contribution in [3.8, 4) is 0 Å². The number of amides is 2. The van der Waals surface area contributed by atoms with E-state index < -0.39 is 18.1 Å². The Hall–Kier alpha value is -3.62. The number of hydrogen-bond donors (Lipinski definition) is 0. The highest BCUT2D eigenvalue weighted by Gasteiger charge is 2.61. The molecule has 0 spiro atoms. The van der Waals surface area contributed by atoms with Crippen molar-refractivity contribution in [1.29, 1.82) is 0 Å². The van der Waals surface area contributed by atoms with E-state index in [1.54, 1.807) is 17.4 Å². The summed E-state index contributed by atoms with van der Waals surface area (Å²) in [6.07, 6.45) is 0.654. The molecule has 8 heteroatoms. The molecule has 3 fully saturated rings. The third-order valence-corrected chi connectivity index (χ3v) is 6.44. The first-order valence-corrected chi connectivity index (χ1v) is 11.1. The second-order valence-corrected chi connectivity index (χ2v) is 8.30. The van der Waals surface area contributed by atoms with Crippen molar-refractivity contribution in [3.63, 3.8) is 0 Å². The van der Waals surface area contributed by atoms with Crippen LogP contribution in [0.2, 0.25) is 0 Å². The minimum Gasteiger partial charge on any atom is -0.467 e. The van der Waals surface area contributed by atoms with Crippen LogP contribution >= 0.6 is 0 Å². The third kappa shape index (κ3) is 3.30. The van der Waals surface area contributed by atoms with Gasteiger partial charge in [0.2, 0.25) is 5.91 Å². The molecule has 3 aliphatic rings. The summed E-state index contributed by atoms with van der Waals surface area (Å²) >= 11 is 0. The number of rotatable bonds is 4. The summed E-state index contributed by atoms with van der Waals surface area (Å²) in [6, 6.07) is 20.0. The van der Waals surface area contributed by atoms with Crippen LogP contribution in [0.1, 0.15) is 11.8 Å². The summed E-state index contributed by atoms with van der Waals surface area (Å²) in [7, 11) is 0. The highest BCUT2D eigenvalue weighted by molar-refractivity contribution is 6.23. The molecule has 0 N–H and O–H groups in total. The molecule has 2 aromatic carbocycles. The Morgan fingerprint density at radius 2 is 1.48 bits per heavy atom. The number of anilines is 3. The van der Waals surface area contributed by atoms with E-state index in [4.69, 9.17) is 14.0 Å². The number of nitrogens with zero attached hydrogens (tertiary/aromatic N) is 3. The minimum atomic E-state index is -0.910. The highest BCUT2D eigenvalue weighted by atomic mass is 16.7. The number of carbonyl (C=O) groups is 2. The van der Waals surface area contributed by atoms with Gasteiger partial charge in [-0.15, -0.1) is 0 Å². The van der Waals surface area contributed by atoms with Crippen molar-refractivity contribution >= 4 is 28.9 Å². The molecule has 0 unspecified atom stereocenters. The largest absolute Gasteiger partial charge is 0.467 e. The fourth-order valence-electron chi connectivity index (χ4n) is 4.85. The van der Waals surface area contributed by atoms with Crippen molar-refractivity contribution in [1.82, 2.24) is 0 Å². The number of ether oxygens (including phenoxy) is 1. The van der Waals surface area contributed by atoms with Crippen LogP contribution in [0.15, 0.2) is 77.4 Å². The van der Waals surface area contributed by atoms with Crippen LogP contribution in [0.4, 0.5) is 17.1 Å². The molecule has 2 amide bonds. The Labute approximate surface area is 190 Å². The van der Waals surface area contributed by atoms with Gasteiger partial charge in [-0.3, -0.25) is 14.4 Å². The average Bonchev–Trinajstić information content (AvgIpc) is 3.58. The van der Waals surface area contributed by atoms with Crippen LogP contribution in [0.3, 0.4) is 0 Å². The van der Waals surface area contributed by atoms with Crippen molar-refractivity contribution in [2.24, 2.45) is 5.92 Å². The maximum atomic E-state index is 13.6. The quantitative estimate of drug-likeness (QED) is 0.571. The lowest BCUT2D eigenvalue weighted by Gasteiger charge is -2.29. The van der Waals surface area contributed by atoms with E-state index in [1.165, 1.54) is 4.90 Å². The van der Waals surface area contributed by atoms with Gasteiger partial charge in [0.05, 0.1) is 30.9 Å². The van der Waals surface area contributed by atoms with Gasteiger partial charge in [-0.2, -0.15) is 0 Å². The molecule has 168 valence electrons. The molecule has 3 atom stereocenters. The summed E-state index contributed by atoms with van der Waals surface area (Å²) in [6.45, 7) is 3.02. The van der Waals surface area contributed by atoms with Gasteiger partial charge in [0.15, 0.2) is 6.10 Å². The highest BCUT2D eigenvalue weighted by Crippen LogP contribution is 2.47. The molecule has 0 aliphatic carbocycles. The number of morpholine rings is 1. The topological polar surface area (TPSA) is 75.5 Å². The number of imide groups is 1. The first-order chi connectivity index (χ1) is 16.2. The Bertz CT molecular complexity index is 1140. The summed E-state index contributed by atoms with van der Waals surface area (Å²) in [5, 5.41) is 1.63. The fraction of sp³-hybridized carbons (Fsp3) is 0.280. The molecule has 4 heterocycles. The van der Waals surface area contributed by atoms with Crippen LogP contribution in [-0.2, 0) is 19.2 Å². The molecule has 6 rings (SSSR count). The number of para-hydroxylation sites is 1. The molecule has 0 radical (unpaired) electrons. The lowest BCUT2D eigenvalue weighted by atomic mass is 9.94. The summed E-state index contributed by atoms with van der Waals surface area (Å²) < 4.78 is 11.1. The van der Waals surface area contributed by atoms with E-state index in [1.807, 2.05) is 60.7 Å². The molecule has 0 saturated carbocycles. The first kappa shape index (κ1) is 20.0. The second-order valence-electron chi connectivity index (χ2n) is 8.30. The molecule has 3 aromatic rings. The zero-order chi connectivity index (χ0) is 22.4. The maximum Gasteiger partial charge on any atom is 0.266 e. The number of fused-ring (bicyclic) bond motifs is 1. The maximum absolute atomic E-state index is 13.6. The lowest BCUT2D eigenvalue weighted by molar-refractivity contribution is -0.126. The van der Waals surface area contributed by atoms with E-state index in [0.717, 1.165) is 24.5 Å². The lowest BCUT2D eigenvalue weighted by Crippen LogP contribution is -2.37. The fourth-order valence-corrected chi connectivity index (χ4v) is 4.85. The Kier molecular flexibility index (Phi) is 4.89. The number of benzene rings is 2. The van der Waals surface area contributed by atoms with Crippen LogP contribution in [-0.4, -0.2) is 44.2 Å². The number of furan rings is 1. The van der Waals surface area contributed by atoms with Crippen LogP contribution in [0.5, 0.6) is 0 Å². The van der Waals surface area contributed by atoms with Gasteiger partial charge in [0.25, 0.3) is 5.91 Å². The van der Waals surface area contributed by atoms with Gasteiger partial charge in [-0.05, 0) is 48.5 Å². The Balaban J connectivity index is 1.31. The van der Waals surface area contributed by atoms with E-state index in [0.29, 0.717) is 24.7 Å². The molecular formula is C25H23N3O5. The van der Waals surface area contributed by atoms with Crippen LogP contribution in [0, 0.1) is 5.92 Å². The van der Waals surface area contributed by atoms with E-state index in [9.17, 15) is 9.59 Å². The molecule has 3 aliphatic heterocycles. The number of hydroxylamine groups is 1. The first-order valence-electron chi connectivity index (χ1n) is 11.1. The second kappa shape index (κ2) is 8.06. The number of carbonyl (C=O) groups excluding carboxylic acids is 2. The SMILES string of the molecule is O=C1[C@H]2[C@@H](c3ccco3)N(c3ccccc3)O[C@H]2C(=O)N1c1ccc(N2CCOCC2)cc1. The summed E-state index contributed by atoms with van der Waals surface area (Å²) in [5.74, 6) is -0.775. The Morgan fingerprint density at radius 3 is 2.18 bits per heavy atom. The van der Waals surface area contributed by atoms with Crippen molar-refractivity contribution in [2.75, 3.05) is 41.2 Å². The molecule has 33 heavy (non-hydrogen) atoms.